The Morgan fingerprint density at radius 1 is 0.964 bits per heavy atom. The molecule has 0 aromatic rings. The monoisotopic (exact) mass is 438 g/mol. The van der Waals surface area contributed by atoms with E-state index < -0.39 is 23.6 Å². The highest BCUT2D eigenvalue weighted by molar-refractivity contribution is 6.66. The summed E-state index contributed by atoms with van der Waals surface area (Å²) in [4.78, 5) is 10.7. The molecular weight excluding hydrogens is 400 g/mol. The predicted octanol–water partition coefficient (Wildman–Crippen LogP) is 3.44. The van der Waals surface area contributed by atoms with Gasteiger partial charge in [-0.25, -0.2) is 4.79 Å². The molecule has 1 N–H and O–H groups in total. The summed E-state index contributed by atoms with van der Waals surface area (Å²) in [6.45, 7) is 12.6. The number of unbranched alkanes of at least 4 members (excludes halogenated alkanes) is 1. The molecule has 0 fully saturated rings. The molecule has 0 aromatic heterocycles. The van der Waals surface area contributed by atoms with Crippen LogP contribution < -0.4 is 0 Å². The molecule has 28 heavy (non-hydrogen) atoms. The fourth-order valence-electron chi connectivity index (χ4n) is 2.23. The molecule has 0 aliphatic heterocycles. The summed E-state index contributed by atoms with van der Waals surface area (Å²) in [6.07, 6.45) is 3.22. The summed E-state index contributed by atoms with van der Waals surface area (Å²) in [6, 6.07) is 0.714. The van der Waals surface area contributed by atoms with Gasteiger partial charge in [0.25, 0.3) is 0 Å². The Labute approximate surface area is 172 Å². The maximum Gasteiger partial charge on any atom is 0.528 e. The minimum atomic E-state index is -2.57. The van der Waals surface area contributed by atoms with Crippen molar-refractivity contribution < 1.29 is 36.5 Å². The van der Waals surface area contributed by atoms with Crippen molar-refractivity contribution in [1.82, 2.24) is 0 Å². The third-order valence-electron chi connectivity index (χ3n) is 3.67. The minimum Gasteiger partial charge on any atom is -0.478 e. The number of carbonyl (C=O) groups is 1. The molecule has 0 atom stereocenters. The summed E-state index contributed by atoms with van der Waals surface area (Å²) in [7, 11) is -0.371. The lowest BCUT2D eigenvalue weighted by Gasteiger charge is -2.28. The van der Waals surface area contributed by atoms with E-state index in [0.29, 0.717) is 37.9 Å². The van der Waals surface area contributed by atoms with Crippen molar-refractivity contribution in [3.05, 3.63) is 23.9 Å². The summed E-state index contributed by atoms with van der Waals surface area (Å²) in [5.74, 6) is -0.872. The number of hydrogen-bond acceptors (Lipinski definition) is 7. The molecule has 0 spiro atoms. The molecule has 8 nitrogen and oxygen atoms in total. The van der Waals surface area contributed by atoms with Crippen LogP contribution in [0.4, 0.5) is 0 Å². The second kappa shape index (κ2) is 17.0. The Balaban J connectivity index is 0. The second-order valence-electron chi connectivity index (χ2n) is 5.49. The summed E-state index contributed by atoms with van der Waals surface area (Å²) >= 11 is 0. The third kappa shape index (κ3) is 11.9. The lowest BCUT2D eigenvalue weighted by molar-refractivity contribution is -0.132. The van der Waals surface area contributed by atoms with Crippen molar-refractivity contribution in [1.29, 1.82) is 0 Å². The van der Waals surface area contributed by atoms with Crippen molar-refractivity contribution in [2.24, 2.45) is 0 Å². The first-order valence-electron chi connectivity index (χ1n) is 9.36. The Hall–Kier alpha value is -0.856. The number of rotatable bonds is 15. The number of allylic oxidation sites excluding steroid dienone is 1. The normalized spacial score (nSPS) is 12.3. The van der Waals surface area contributed by atoms with E-state index in [2.05, 4.69) is 6.58 Å². The maximum atomic E-state index is 10.7. The van der Waals surface area contributed by atoms with Crippen LogP contribution in [0.25, 0.3) is 0 Å². The SMILES string of the molecule is C=C[Si](OC)(OC)OC.CCO[Si](CCCC=C(C)C(=O)O)(OCC)OCC. The molecule has 0 saturated heterocycles. The average molecular weight is 439 g/mol. The Morgan fingerprint density at radius 3 is 1.64 bits per heavy atom. The molecule has 0 rings (SSSR count). The highest BCUT2D eigenvalue weighted by Gasteiger charge is 2.39. The highest BCUT2D eigenvalue weighted by atomic mass is 28.4. The van der Waals surface area contributed by atoms with Gasteiger partial charge < -0.3 is 31.7 Å². The molecule has 0 unspecified atom stereocenters. The van der Waals surface area contributed by atoms with Crippen molar-refractivity contribution >= 4 is 23.6 Å². The predicted molar refractivity (Wildman–Crippen MR) is 113 cm³/mol. The average Bonchev–Trinajstić information content (AvgIpc) is 2.68. The first-order chi connectivity index (χ1) is 13.3. The highest BCUT2D eigenvalue weighted by Crippen LogP contribution is 2.19. The van der Waals surface area contributed by atoms with Gasteiger partial charge >= 0.3 is 23.6 Å². The number of hydrogen-bond donors (Lipinski definition) is 1. The molecular formula is C18H38O8Si2. The van der Waals surface area contributed by atoms with E-state index >= 15 is 0 Å². The maximum absolute atomic E-state index is 10.7. The van der Waals surface area contributed by atoms with E-state index in [0.717, 1.165) is 6.42 Å². The van der Waals surface area contributed by atoms with Crippen LogP contribution in [0.3, 0.4) is 0 Å². The van der Waals surface area contributed by atoms with E-state index in [1.807, 2.05) is 20.8 Å². The van der Waals surface area contributed by atoms with Gasteiger partial charge in [-0.2, -0.15) is 0 Å². The van der Waals surface area contributed by atoms with Crippen molar-refractivity contribution in [3.63, 3.8) is 0 Å². The lowest BCUT2D eigenvalue weighted by Crippen LogP contribution is -2.45. The molecule has 10 heteroatoms. The van der Waals surface area contributed by atoms with Crippen LogP contribution in [0.15, 0.2) is 23.9 Å². The fraction of sp³-hybridized carbons (Fsp3) is 0.722. The standard InChI is InChI=1S/C13H26O5Si.C5H12O3Si/c1-5-16-19(17-6-2,18-7-3)11-9-8-10-12(4)13(14)15;1-5-9(6-2,7-3)8-4/h10H,5-9,11H2,1-4H3,(H,14,15);5H,1H2,2-4H3. The van der Waals surface area contributed by atoms with Crippen LogP contribution >= 0.6 is 0 Å². The van der Waals surface area contributed by atoms with E-state index in [4.69, 9.17) is 31.7 Å². The van der Waals surface area contributed by atoms with Crippen LogP contribution in [0, 0.1) is 0 Å². The van der Waals surface area contributed by atoms with Crippen LogP contribution in [0.2, 0.25) is 6.04 Å². The van der Waals surface area contributed by atoms with Gasteiger partial charge in [0.2, 0.25) is 0 Å². The quantitative estimate of drug-likeness (QED) is 0.236. The van der Waals surface area contributed by atoms with Gasteiger partial charge in [-0.3, -0.25) is 0 Å². The van der Waals surface area contributed by atoms with Gasteiger partial charge in [-0.1, -0.05) is 12.7 Å². The lowest BCUT2D eigenvalue weighted by atomic mass is 10.2. The smallest absolute Gasteiger partial charge is 0.478 e. The molecule has 0 bridgehead atoms. The zero-order valence-corrected chi connectivity index (χ0v) is 20.4. The molecule has 0 aromatic carbocycles. The van der Waals surface area contributed by atoms with Gasteiger partial charge in [-0.15, -0.1) is 0 Å². The molecule has 166 valence electrons. The number of carboxylic acids is 1. The molecule has 0 aliphatic rings. The number of carboxylic acid groups (broad SMARTS) is 1. The first-order valence-corrected chi connectivity index (χ1v) is 13.1. The second-order valence-corrected chi connectivity index (χ2v) is 11.1. The largest absolute Gasteiger partial charge is 0.528 e. The first kappa shape index (κ1) is 29.3. The molecule has 0 saturated carbocycles. The zero-order chi connectivity index (χ0) is 22.1. The van der Waals surface area contributed by atoms with Gasteiger partial charge in [0.1, 0.15) is 0 Å². The van der Waals surface area contributed by atoms with Gasteiger partial charge in [0, 0.05) is 52.8 Å². The fourth-order valence-corrected chi connectivity index (χ4v) is 5.87. The summed E-state index contributed by atoms with van der Waals surface area (Å²) in [5.41, 5.74) is 1.95. The summed E-state index contributed by atoms with van der Waals surface area (Å²) < 4.78 is 32.1. The molecule has 0 amide bonds. The molecule has 0 aliphatic carbocycles. The third-order valence-corrected chi connectivity index (χ3v) is 9.03. The Bertz CT molecular complexity index is 428. The zero-order valence-electron chi connectivity index (χ0n) is 18.4. The Morgan fingerprint density at radius 2 is 1.39 bits per heavy atom. The topological polar surface area (TPSA) is 92.7 Å². The van der Waals surface area contributed by atoms with Gasteiger partial charge in [-0.05, 0) is 46.2 Å². The van der Waals surface area contributed by atoms with E-state index in [1.54, 1.807) is 40.0 Å². The summed E-state index contributed by atoms with van der Waals surface area (Å²) in [5, 5.41) is 8.76. The van der Waals surface area contributed by atoms with Crippen molar-refractivity contribution in [3.8, 4) is 0 Å². The van der Waals surface area contributed by atoms with Crippen LogP contribution in [-0.4, -0.2) is 69.8 Å². The van der Waals surface area contributed by atoms with E-state index in [9.17, 15) is 4.79 Å². The van der Waals surface area contributed by atoms with E-state index in [1.165, 1.54) is 0 Å². The Kier molecular flexibility index (Phi) is 17.9. The van der Waals surface area contributed by atoms with Crippen LogP contribution in [0.5, 0.6) is 0 Å². The minimum absolute atomic E-state index is 0.372. The van der Waals surface area contributed by atoms with Crippen LogP contribution in [-0.2, 0) is 31.4 Å². The van der Waals surface area contributed by atoms with E-state index in [-0.39, 0.29) is 0 Å². The molecule has 0 radical (unpaired) electrons. The molecule has 0 heterocycles. The number of aliphatic carboxylic acids is 1. The van der Waals surface area contributed by atoms with Gasteiger partial charge in [0.15, 0.2) is 0 Å². The van der Waals surface area contributed by atoms with Crippen molar-refractivity contribution in [2.45, 2.75) is 46.6 Å². The van der Waals surface area contributed by atoms with Gasteiger partial charge in [0.05, 0.1) is 0 Å². The van der Waals surface area contributed by atoms with Crippen molar-refractivity contribution in [2.75, 3.05) is 41.2 Å². The van der Waals surface area contributed by atoms with Crippen LogP contribution in [0.1, 0.15) is 40.5 Å².